The number of benzene rings is 1. The third-order valence-electron chi connectivity index (χ3n) is 4.23. The Morgan fingerprint density at radius 1 is 1.25 bits per heavy atom. The predicted molar refractivity (Wildman–Crippen MR) is 83.3 cm³/mol. The van der Waals surface area contributed by atoms with Gasteiger partial charge in [0.05, 0.1) is 5.52 Å². The molecule has 2 atom stereocenters. The summed E-state index contributed by atoms with van der Waals surface area (Å²) in [5, 5.41) is 1.12. The highest BCUT2D eigenvalue weighted by Gasteiger charge is 2.23. The van der Waals surface area contributed by atoms with Crippen LogP contribution in [0.4, 0.5) is 0 Å². The van der Waals surface area contributed by atoms with Crippen LogP contribution in [0.3, 0.4) is 0 Å². The van der Waals surface area contributed by atoms with Gasteiger partial charge in [-0.1, -0.05) is 31.5 Å². The molecule has 2 unspecified atom stereocenters. The number of fused-ring (bicyclic) bond motifs is 1. The summed E-state index contributed by atoms with van der Waals surface area (Å²) in [6, 6.07) is 10.1. The maximum absolute atomic E-state index is 6.15. The average molecular weight is 290 g/mol. The molecule has 2 nitrogen and oxygen atoms in total. The lowest BCUT2D eigenvalue weighted by molar-refractivity contribution is 0.0979. The van der Waals surface area contributed by atoms with E-state index in [1.807, 2.05) is 24.3 Å². The van der Waals surface area contributed by atoms with Gasteiger partial charge in [-0.15, -0.1) is 11.6 Å². The van der Waals surface area contributed by atoms with E-state index < -0.39 is 0 Å². The molecular formula is C17H20ClNO. The Bertz CT molecular complexity index is 599. The Balaban J connectivity index is 1.91. The normalized spacial score (nSPS) is 22.9. The minimum Gasteiger partial charge on any atom is -0.474 e. The summed E-state index contributed by atoms with van der Waals surface area (Å²) in [6.07, 6.45) is 5.25. The van der Waals surface area contributed by atoms with Crippen molar-refractivity contribution in [2.45, 2.75) is 44.6 Å². The fourth-order valence-electron chi connectivity index (χ4n) is 3.00. The van der Waals surface area contributed by atoms with E-state index in [9.17, 15) is 0 Å². The van der Waals surface area contributed by atoms with Crippen LogP contribution in [0, 0.1) is 5.92 Å². The van der Waals surface area contributed by atoms with Crippen LogP contribution >= 0.6 is 11.6 Å². The van der Waals surface area contributed by atoms with Gasteiger partial charge in [-0.2, -0.15) is 0 Å². The zero-order valence-electron chi connectivity index (χ0n) is 11.8. The van der Waals surface area contributed by atoms with Crippen molar-refractivity contribution in [3.63, 3.8) is 0 Å². The number of ether oxygens (including phenoxy) is 1. The van der Waals surface area contributed by atoms with Gasteiger partial charge in [0.1, 0.15) is 6.10 Å². The molecule has 1 aliphatic rings. The Kier molecular flexibility index (Phi) is 4.11. The highest BCUT2D eigenvalue weighted by atomic mass is 35.5. The van der Waals surface area contributed by atoms with Crippen molar-refractivity contribution in [3.05, 3.63) is 35.9 Å². The minimum atomic E-state index is 0.292. The third kappa shape index (κ3) is 2.76. The molecule has 1 aromatic heterocycles. The lowest BCUT2D eigenvalue weighted by atomic mass is 9.88. The van der Waals surface area contributed by atoms with Crippen LogP contribution in [0.2, 0.25) is 0 Å². The van der Waals surface area contributed by atoms with Crippen LogP contribution in [0.25, 0.3) is 10.9 Å². The number of para-hydroxylation sites is 1. The molecule has 3 rings (SSSR count). The molecule has 2 aromatic rings. The first kappa shape index (κ1) is 13.7. The van der Waals surface area contributed by atoms with Gasteiger partial charge >= 0.3 is 0 Å². The number of rotatable bonds is 3. The lowest BCUT2D eigenvalue weighted by Gasteiger charge is -2.29. The van der Waals surface area contributed by atoms with E-state index >= 15 is 0 Å². The molecule has 1 heterocycles. The second kappa shape index (κ2) is 6.01. The molecule has 0 saturated heterocycles. The lowest BCUT2D eigenvalue weighted by Crippen LogP contribution is -2.28. The van der Waals surface area contributed by atoms with E-state index in [4.69, 9.17) is 16.3 Å². The zero-order valence-corrected chi connectivity index (χ0v) is 12.6. The molecule has 3 heteroatoms. The SMILES string of the molecule is CC1CCCCC1Oc1cc(CCl)c2ccccc2n1. The molecule has 0 radical (unpaired) electrons. The summed E-state index contributed by atoms with van der Waals surface area (Å²) in [5.41, 5.74) is 2.06. The van der Waals surface area contributed by atoms with Crippen molar-refractivity contribution in [2.75, 3.05) is 0 Å². The maximum Gasteiger partial charge on any atom is 0.214 e. The molecule has 0 amide bonds. The van der Waals surface area contributed by atoms with Gasteiger partial charge < -0.3 is 4.74 Å². The molecule has 1 aliphatic carbocycles. The molecule has 1 aromatic carbocycles. The first-order chi connectivity index (χ1) is 9.78. The van der Waals surface area contributed by atoms with Gasteiger partial charge in [0, 0.05) is 17.3 Å². The van der Waals surface area contributed by atoms with Crippen molar-refractivity contribution in [2.24, 2.45) is 5.92 Å². The summed E-state index contributed by atoms with van der Waals surface area (Å²) in [6.45, 7) is 2.27. The van der Waals surface area contributed by atoms with Crippen LogP contribution in [0.15, 0.2) is 30.3 Å². The van der Waals surface area contributed by atoms with Crippen molar-refractivity contribution in [3.8, 4) is 5.88 Å². The first-order valence-corrected chi connectivity index (χ1v) is 7.92. The van der Waals surface area contributed by atoms with Gasteiger partial charge in [0.25, 0.3) is 0 Å². The van der Waals surface area contributed by atoms with E-state index in [0.29, 0.717) is 17.9 Å². The Labute approximate surface area is 125 Å². The number of nitrogens with zero attached hydrogens (tertiary/aromatic N) is 1. The van der Waals surface area contributed by atoms with Gasteiger partial charge in [-0.3, -0.25) is 0 Å². The van der Waals surface area contributed by atoms with Crippen molar-refractivity contribution >= 4 is 22.5 Å². The quantitative estimate of drug-likeness (QED) is 0.747. The van der Waals surface area contributed by atoms with E-state index in [1.54, 1.807) is 0 Å². The average Bonchev–Trinajstić information content (AvgIpc) is 2.49. The smallest absolute Gasteiger partial charge is 0.214 e. The van der Waals surface area contributed by atoms with Crippen LogP contribution in [-0.2, 0) is 5.88 Å². The number of hydrogen-bond donors (Lipinski definition) is 0. The van der Waals surface area contributed by atoms with Gasteiger partial charge in [-0.05, 0) is 36.8 Å². The summed E-state index contributed by atoms with van der Waals surface area (Å²) in [5.74, 6) is 1.81. The van der Waals surface area contributed by atoms with Gasteiger partial charge in [0.15, 0.2) is 0 Å². The van der Waals surface area contributed by atoms with Gasteiger partial charge in [-0.25, -0.2) is 4.98 Å². The maximum atomic E-state index is 6.15. The van der Waals surface area contributed by atoms with Crippen LogP contribution < -0.4 is 4.74 Å². The molecule has 0 bridgehead atoms. The number of halogens is 1. The molecule has 0 aliphatic heterocycles. The second-order valence-corrected chi connectivity index (χ2v) is 5.96. The fraction of sp³-hybridized carbons (Fsp3) is 0.471. The summed E-state index contributed by atoms with van der Waals surface area (Å²) >= 11 is 6.07. The van der Waals surface area contributed by atoms with E-state index in [2.05, 4.69) is 18.0 Å². The Morgan fingerprint density at radius 2 is 2.05 bits per heavy atom. The highest BCUT2D eigenvalue weighted by molar-refractivity contribution is 6.18. The largest absolute Gasteiger partial charge is 0.474 e. The summed E-state index contributed by atoms with van der Waals surface area (Å²) in [4.78, 5) is 4.63. The van der Waals surface area contributed by atoms with Gasteiger partial charge in [0.2, 0.25) is 5.88 Å². The topological polar surface area (TPSA) is 22.1 Å². The Morgan fingerprint density at radius 3 is 2.85 bits per heavy atom. The predicted octanol–water partition coefficient (Wildman–Crippen LogP) is 4.93. The first-order valence-electron chi connectivity index (χ1n) is 7.39. The third-order valence-corrected chi connectivity index (χ3v) is 4.52. The van der Waals surface area contributed by atoms with Crippen molar-refractivity contribution in [1.82, 2.24) is 4.98 Å². The van der Waals surface area contributed by atoms with E-state index in [-0.39, 0.29) is 0 Å². The molecule has 0 N–H and O–H groups in total. The number of pyridine rings is 1. The van der Waals surface area contributed by atoms with Crippen molar-refractivity contribution < 1.29 is 4.74 Å². The minimum absolute atomic E-state index is 0.292. The van der Waals surface area contributed by atoms with Crippen molar-refractivity contribution in [1.29, 1.82) is 0 Å². The molecule has 20 heavy (non-hydrogen) atoms. The zero-order chi connectivity index (χ0) is 13.9. The molecule has 1 saturated carbocycles. The molecular weight excluding hydrogens is 270 g/mol. The monoisotopic (exact) mass is 289 g/mol. The summed E-state index contributed by atoms with van der Waals surface area (Å²) in [7, 11) is 0. The van der Waals surface area contributed by atoms with E-state index in [0.717, 1.165) is 28.8 Å². The number of alkyl halides is 1. The van der Waals surface area contributed by atoms with Crippen LogP contribution in [0.5, 0.6) is 5.88 Å². The van der Waals surface area contributed by atoms with Crippen LogP contribution in [-0.4, -0.2) is 11.1 Å². The fourth-order valence-corrected chi connectivity index (χ4v) is 3.22. The van der Waals surface area contributed by atoms with E-state index in [1.165, 1.54) is 19.3 Å². The number of aromatic nitrogens is 1. The standard InChI is InChI=1S/C17H20ClNO/c1-12-6-2-5-9-16(12)20-17-10-13(11-18)14-7-3-4-8-15(14)19-17/h3-4,7-8,10,12,16H,2,5-6,9,11H2,1H3. The molecule has 0 spiro atoms. The number of hydrogen-bond acceptors (Lipinski definition) is 2. The summed E-state index contributed by atoms with van der Waals surface area (Å²) < 4.78 is 6.15. The molecule has 1 fully saturated rings. The Hall–Kier alpha value is -1.28. The second-order valence-electron chi connectivity index (χ2n) is 5.69. The highest BCUT2D eigenvalue weighted by Crippen LogP contribution is 2.29. The molecule has 106 valence electrons. The van der Waals surface area contributed by atoms with Crippen LogP contribution in [0.1, 0.15) is 38.2 Å².